The molecule has 17 heavy (non-hydrogen) atoms. The van der Waals surface area contributed by atoms with E-state index in [2.05, 4.69) is 26.1 Å². The minimum atomic E-state index is 0.0513. The first-order chi connectivity index (χ1) is 7.95. The van der Waals surface area contributed by atoms with Gasteiger partial charge in [0.05, 0.1) is 0 Å². The lowest BCUT2D eigenvalue weighted by Crippen LogP contribution is -2.47. The number of amides is 1. The van der Waals surface area contributed by atoms with Crippen LogP contribution in [-0.2, 0) is 9.53 Å². The molecule has 1 aliphatic heterocycles. The SMILES string of the molecule is CC(C)(C)C(CCCl)NC(=O)C1CCOCC1. The Labute approximate surface area is 109 Å². The molecule has 0 aliphatic carbocycles. The molecule has 3 nitrogen and oxygen atoms in total. The van der Waals surface area contributed by atoms with Gasteiger partial charge in [-0.25, -0.2) is 0 Å². The van der Waals surface area contributed by atoms with Crippen molar-refractivity contribution in [3.8, 4) is 0 Å². The summed E-state index contributed by atoms with van der Waals surface area (Å²) in [5.74, 6) is 0.859. The van der Waals surface area contributed by atoms with E-state index in [0.717, 1.165) is 19.3 Å². The van der Waals surface area contributed by atoms with Gasteiger partial charge in [-0.05, 0) is 24.7 Å². The molecule has 1 aliphatic rings. The van der Waals surface area contributed by atoms with Crippen molar-refractivity contribution in [3.63, 3.8) is 0 Å². The number of alkyl halides is 1. The van der Waals surface area contributed by atoms with Crippen LogP contribution >= 0.6 is 11.6 Å². The summed E-state index contributed by atoms with van der Waals surface area (Å²) in [4.78, 5) is 12.1. The standard InChI is InChI=1S/C13H24ClNO2/c1-13(2,3)11(4-7-14)15-12(16)10-5-8-17-9-6-10/h10-11H,4-9H2,1-3H3,(H,15,16). The maximum atomic E-state index is 12.1. The van der Waals surface area contributed by atoms with Gasteiger partial charge in [-0.2, -0.15) is 0 Å². The number of hydrogen-bond acceptors (Lipinski definition) is 2. The van der Waals surface area contributed by atoms with Crippen LogP contribution in [0, 0.1) is 11.3 Å². The van der Waals surface area contributed by atoms with E-state index in [0.29, 0.717) is 19.1 Å². The lowest BCUT2D eigenvalue weighted by molar-refractivity contribution is -0.129. The Morgan fingerprint density at radius 1 is 1.41 bits per heavy atom. The molecule has 0 spiro atoms. The molecule has 0 aromatic heterocycles. The van der Waals surface area contributed by atoms with Gasteiger partial charge in [0.1, 0.15) is 0 Å². The minimum absolute atomic E-state index is 0.0513. The number of nitrogens with one attached hydrogen (secondary N) is 1. The largest absolute Gasteiger partial charge is 0.381 e. The second-order valence-electron chi connectivity index (χ2n) is 5.79. The van der Waals surface area contributed by atoms with Gasteiger partial charge in [0.2, 0.25) is 5.91 Å². The second-order valence-corrected chi connectivity index (χ2v) is 6.17. The topological polar surface area (TPSA) is 38.3 Å². The van der Waals surface area contributed by atoms with Gasteiger partial charge in [0.15, 0.2) is 0 Å². The van der Waals surface area contributed by atoms with Crippen molar-refractivity contribution in [2.24, 2.45) is 11.3 Å². The minimum Gasteiger partial charge on any atom is -0.381 e. The fourth-order valence-electron chi connectivity index (χ4n) is 2.08. The van der Waals surface area contributed by atoms with Crippen LogP contribution in [0.5, 0.6) is 0 Å². The summed E-state index contributed by atoms with van der Waals surface area (Å²) in [6, 6.07) is 0.148. The molecule has 1 amide bonds. The van der Waals surface area contributed by atoms with Crippen LogP contribution in [0.2, 0.25) is 0 Å². The van der Waals surface area contributed by atoms with Crippen LogP contribution in [0.25, 0.3) is 0 Å². The summed E-state index contributed by atoms with van der Waals surface area (Å²) < 4.78 is 5.27. The lowest BCUT2D eigenvalue weighted by atomic mass is 9.84. The van der Waals surface area contributed by atoms with Gasteiger partial charge in [0.25, 0.3) is 0 Å². The third-order valence-corrected chi connectivity index (χ3v) is 3.57. The monoisotopic (exact) mass is 261 g/mol. The maximum absolute atomic E-state index is 12.1. The molecule has 1 unspecified atom stereocenters. The van der Waals surface area contributed by atoms with Crippen molar-refractivity contribution >= 4 is 17.5 Å². The van der Waals surface area contributed by atoms with E-state index >= 15 is 0 Å². The highest BCUT2D eigenvalue weighted by Gasteiger charge is 2.29. The third-order valence-electron chi connectivity index (χ3n) is 3.35. The Balaban J connectivity index is 2.51. The molecule has 100 valence electrons. The van der Waals surface area contributed by atoms with Crippen LogP contribution in [0.3, 0.4) is 0 Å². The predicted molar refractivity (Wildman–Crippen MR) is 70.3 cm³/mol. The van der Waals surface area contributed by atoms with E-state index in [1.165, 1.54) is 0 Å². The van der Waals surface area contributed by atoms with Crippen LogP contribution in [0.15, 0.2) is 0 Å². The van der Waals surface area contributed by atoms with E-state index in [-0.39, 0.29) is 23.3 Å². The zero-order valence-electron chi connectivity index (χ0n) is 11.1. The summed E-state index contributed by atoms with van der Waals surface area (Å²) in [5.41, 5.74) is 0.0513. The number of halogens is 1. The summed E-state index contributed by atoms with van der Waals surface area (Å²) in [7, 11) is 0. The molecule has 0 radical (unpaired) electrons. The normalized spacial score (nSPS) is 20.0. The third kappa shape index (κ3) is 4.84. The predicted octanol–water partition coefficient (Wildman–Crippen LogP) is 2.57. The first kappa shape index (κ1) is 14.8. The van der Waals surface area contributed by atoms with E-state index in [1.807, 2.05) is 0 Å². The molecule has 4 heteroatoms. The van der Waals surface area contributed by atoms with Crippen LogP contribution < -0.4 is 5.32 Å². The summed E-state index contributed by atoms with van der Waals surface area (Å²) in [5, 5.41) is 3.15. The first-order valence-electron chi connectivity index (χ1n) is 6.39. The molecule has 0 bridgehead atoms. The van der Waals surface area contributed by atoms with E-state index in [9.17, 15) is 4.79 Å². The molecule has 1 fully saturated rings. The molecule has 1 N–H and O–H groups in total. The Morgan fingerprint density at radius 3 is 2.47 bits per heavy atom. The van der Waals surface area contributed by atoms with Gasteiger partial charge in [-0.3, -0.25) is 4.79 Å². The Bertz CT molecular complexity index is 244. The van der Waals surface area contributed by atoms with Crippen molar-refractivity contribution in [1.82, 2.24) is 5.32 Å². The van der Waals surface area contributed by atoms with Crippen molar-refractivity contribution in [3.05, 3.63) is 0 Å². The number of hydrogen-bond donors (Lipinski definition) is 1. The van der Waals surface area contributed by atoms with Crippen molar-refractivity contribution in [2.45, 2.75) is 46.1 Å². The average Bonchev–Trinajstić information content (AvgIpc) is 2.28. The van der Waals surface area contributed by atoms with Crippen LogP contribution in [-0.4, -0.2) is 31.0 Å². The molecule has 0 aromatic rings. The summed E-state index contributed by atoms with van der Waals surface area (Å²) in [6.07, 6.45) is 2.49. The van der Waals surface area contributed by atoms with Gasteiger partial charge < -0.3 is 10.1 Å². The van der Waals surface area contributed by atoms with E-state index < -0.39 is 0 Å². The highest BCUT2D eigenvalue weighted by molar-refractivity contribution is 6.17. The van der Waals surface area contributed by atoms with Crippen molar-refractivity contribution in [2.75, 3.05) is 19.1 Å². The quantitative estimate of drug-likeness (QED) is 0.790. The van der Waals surface area contributed by atoms with Crippen molar-refractivity contribution in [1.29, 1.82) is 0 Å². The Morgan fingerprint density at radius 2 is 2.00 bits per heavy atom. The molecular formula is C13H24ClNO2. The average molecular weight is 262 g/mol. The van der Waals surface area contributed by atoms with Crippen LogP contribution in [0.1, 0.15) is 40.0 Å². The second kappa shape index (κ2) is 6.60. The maximum Gasteiger partial charge on any atom is 0.223 e. The number of carbonyl (C=O) groups is 1. The molecule has 1 saturated heterocycles. The summed E-state index contributed by atoms with van der Waals surface area (Å²) >= 11 is 5.80. The molecule has 1 rings (SSSR count). The summed E-state index contributed by atoms with van der Waals surface area (Å²) in [6.45, 7) is 7.80. The van der Waals surface area contributed by atoms with Crippen LogP contribution in [0.4, 0.5) is 0 Å². The number of rotatable bonds is 4. The van der Waals surface area contributed by atoms with E-state index in [1.54, 1.807) is 0 Å². The number of carbonyl (C=O) groups excluding carboxylic acids is 1. The molecule has 0 aromatic carbocycles. The zero-order chi connectivity index (χ0) is 12.9. The zero-order valence-corrected chi connectivity index (χ0v) is 11.8. The smallest absolute Gasteiger partial charge is 0.223 e. The van der Waals surface area contributed by atoms with Gasteiger partial charge in [-0.15, -0.1) is 11.6 Å². The first-order valence-corrected chi connectivity index (χ1v) is 6.92. The molecular weight excluding hydrogens is 238 g/mol. The van der Waals surface area contributed by atoms with Gasteiger partial charge >= 0.3 is 0 Å². The fourth-order valence-corrected chi connectivity index (χ4v) is 2.30. The lowest BCUT2D eigenvalue weighted by Gasteiger charge is -2.33. The van der Waals surface area contributed by atoms with E-state index in [4.69, 9.17) is 16.3 Å². The van der Waals surface area contributed by atoms with Gasteiger partial charge in [0, 0.05) is 31.1 Å². The fraction of sp³-hybridized carbons (Fsp3) is 0.923. The molecule has 1 heterocycles. The molecule has 1 atom stereocenters. The Hall–Kier alpha value is -0.280. The molecule has 0 saturated carbocycles. The highest BCUT2D eigenvalue weighted by Crippen LogP contribution is 2.23. The van der Waals surface area contributed by atoms with Crippen molar-refractivity contribution < 1.29 is 9.53 Å². The Kier molecular flexibility index (Phi) is 5.74. The number of ether oxygens (including phenoxy) is 1. The highest BCUT2D eigenvalue weighted by atomic mass is 35.5. The van der Waals surface area contributed by atoms with Gasteiger partial charge in [-0.1, -0.05) is 20.8 Å².